The molecule has 44 heteroatoms. The first-order valence-corrected chi connectivity index (χ1v) is 20.3. The van der Waals surface area contributed by atoms with Crippen molar-refractivity contribution in [2.24, 2.45) is 0 Å². The zero-order valence-electron chi connectivity index (χ0n) is 29.3. The van der Waals surface area contributed by atoms with Crippen LogP contribution < -0.4 is 0 Å². The lowest BCUT2D eigenvalue weighted by Crippen LogP contribution is -2.82. The zero-order chi connectivity index (χ0) is 55.0. The summed E-state index contributed by atoms with van der Waals surface area (Å²) in [4.78, 5) is 0. The van der Waals surface area contributed by atoms with E-state index in [2.05, 4.69) is 31.0 Å². The highest BCUT2D eigenvalue weighted by atomic mass is 35.6. The van der Waals surface area contributed by atoms with Crippen LogP contribution in [-0.2, 0) is 8.85 Å². The molecule has 1 unspecified atom stereocenters. The summed E-state index contributed by atoms with van der Waals surface area (Å²) in [5, 5.41) is -7.01. The molecule has 0 radical (unpaired) electrons. The minimum absolute atomic E-state index is 0.221. The minimum atomic E-state index is -9.94. The fraction of sp³-hybridized carbons (Fsp3) is 0.909. The maximum absolute atomic E-state index is 14.4. The number of alkyl halides is 35. The Morgan fingerprint density at radius 3 is 0.712 bits per heavy atom. The molecule has 0 bridgehead atoms. The van der Waals surface area contributed by atoms with E-state index < -0.39 is 134 Å². The Morgan fingerprint density at radius 1 is 0.333 bits per heavy atom. The van der Waals surface area contributed by atoms with Crippen LogP contribution in [0, 0.1) is 0 Å². The molecular formula is C22H10Cl2F38O2Si2. The van der Waals surface area contributed by atoms with E-state index in [0.29, 0.717) is 6.92 Å². The van der Waals surface area contributed by atoms with Gasteiger partial charge in [-0.2, -0.15) is 162 Å². The van der Waals surface area contributed by atoms with Crippen LogP contribution in [0.2, 0.25) is 5.04 Å². The minimum Gasteiger partial charge on any atom is -0.398 e. The molecule has 0 heterocycles. The van der Waals surface area contributed by atoms with Crippen molar-refractivity contribution in [1.29, 1.82) is 0 Å². The lowest BCUT2D eigenvalue weighted by Gasteiger charge is -2.47. The largest absolute Gasteiger partial charge is 0.460 e. The molecule has 0 amide bonds. The van der Waals surface area contributed by atoms with Crippen molar-refractivity contribution in [1.82, 2.24) is 0 Å². The van der Waals surface area contributed by atoms with Gasteiger partial charge in [-0.1, -0.05) is 0 Å². The lowest BCUT2D eigenvalue weighted by molar-refractivity contribution is -0.439. The third kappa shape index (κ3) is 9.02. The first-order chi connectivity index (χ1) is 28.0. The predicted octanol–water partition coefficient (Wildman–Crippen LogP) is 15.0. The van der Waals surface area contributed by atoms with Gasteiger partial charge in [0.2, 0.25) is 0 Å². The van der Waals surface area contributed by atoms with Gasteiger partial charge in [0.05, 0.1) is 0 Å². The molecule has 0 rings (SSSR count). The van der Waals surface area contributed by atoms with Crippen molar-refractivity contribution in [3.63, 3.8) is 0 Å². The van der Waals surface area contributed by atoms with Crippen LogP contribution in [0.5, 0.6) is 0 Å². The second-order valence-corrected chi connectivity index (χ2v) is 20.2. The molecule has 0 saturated carbocycles. The smallest absolute Gasteiger partial charge is 0.398 e. The summed E-state index contributed by atoms with van der Waals surface area (Å²) in [7, 11) is -17.5. The monoisotopic (exact) mass is 1150 g/mol. The van der Waals surface area contributed by atoms with E-state index in [9.17, 15) is 167 Å². The summed E-state index contributed by atoms with van der Waals surface area (Å²) < 4.78 is 505. The number of halogens is 40. The fourth-order valence-corrected chi connectivity index (χ4v) is 11.4. The van der Waals surface area contributed by atoms with Gasteiger partial charge in [-0.05, 0) is 13.8 Å². The maximum atomic E-state index is 14.4. The third-order valence-corrected chi connectivity index (χ3v) is 17.2. The van der Waals surface area contributed by atoms with E-state index in [-0.39, 0.29) is 6.92 Å². The molecule has 0 fully saturated rings. The van der Waals surface area contributed by atoms with Gasteiger partial charge in [0.15, 0.2) is 5.45 Å². The van der Waals surface area contributed by atoms with Gasteiger partial charge in [0.1, 0.15) is 0 Å². The van der Waals surface area contributed by atoms with Crippen LogP contribution >= 0.6 is 22.2 Å². The van der Waals surface area contributed by atoms with Crippen molar-refractivity contribution in [3.8, 4) is 0 Å². The van der Waals surface area contributed by atoms with Crippen molar-refractivity contribution >= 4 is 37.4 Å². The predicted molar refractivity (Wildman–Crippen MR) is 139 cm³/mol. The fourth-order valence-electron chi connectivity index (χ4n) is 4.21. The number of hydrogen-bond donors (Lipinski definition) is 0. The Balaban J connectivity index is 0. The van der Waals surface area contributed by atoms with Gasteiger partial charge in [-0.15, -0.1) is 22.2 Å². The van der Waals surface area contributed by atoms with E-state index in [1.165, 1.54) is 0 Å². The van der Waals surface area contributed by atoms with E-state index in [4.69, 9.17) is 0 Å². The van der Waals surface area contributed by atoms with E-state index in [1.807, 2.05) is 0 Å². The van der Waals surface area contributed by atoms with Crippen LogP contribution in [0.4, 0.5) is 167 Å². The van der Waals surface area contributed by atoms with E-state index >= 15 is 0 Å². The number of rotatable bonds is 16. The maximum Gasteiger partial charge on any atom is 0.460 e. The Hall–Kier alpha value is -1.99. The van der Waals surface area contributed by atoms with Gasteiger partial charge in [0, 0.05) is 13.2 Å². The Morgan fingerprint density at radius 2 is 0.545 bits per heavy atom. The molecule has 1 atom stereocenters. The molecule has 0 aliphatic carbocycles. The molecule has 0 N–H and O–H groups in total. The van der Waals surface area contributed by atoms with Crippen LogP contribution in [0.15, 0.2) is 11.5 Å². The highest BCUT2D eigenvalue weighted by Gasteiger charge is 3.01. The summed E-state index contributed by atoms with van der Waals surface area (Å²) >= 11 is 8.60. The summed E-state index contributed by atoms with van der Waals surface area (Å²) in [5.41, 5.74) is -21.2. The molecule has 0 aromatic carbocycles. The Kier molecular flexibility index (Phi) is 18.0. The lowest BCUT2D eigenvalue weighted by atomic mass is 9.98. The Labute approximate surface area is 346 Å². The van der Waals surface area contributed by atoms with Crippen LogP contribution in [-0.4, -0.2) is 118 Å². The molecule has 0 spiro atoms. The second kappa shape index (κ2) is 18.0. The van der Waals surface area contributed by atoms with Crippen molar-refractivity contribution in [2.45, 2.75) is 108 Å². The van der Waals surface area contributed by atoms with Crippen LogP contribution in [0.25, 0.3) is 0 Å². The van der Waals surface area contributed by atoms with Crippen LogP contribution in [0.3, 0.4) is 0 Å². The average molecular weight is 1160 g/mol. The Bertz CT molecular complexity index is 1590. The first-order valence-electron chi connectivity index (χ1n) is 14.5. The topological polar surface area (TPSA) is 18.5 Å². The van der Waals surface area contributed by atoms with Gasteiger partial charge in [0.25, 0.3) is 5.04 Å². The first kappa shape index (κ1) is 66.1. The summed E-state index contributed by atoms with van der Waals surface area (Å²) in [6.07, 6.45) is -42.1. The van der Waals surface area contributed by atoms with Gasteiger partial charge < -0.3 is 8.85 Å². The average Bonchev–Trinajstić information content (AvgIpc) is 3.04. The molecule has 66 heavy (non-hydrogen) atoms. The highest BCUT2D eigenvalue weighted by molar-refractivity contribution is 7.22. The van der Waals surface area contributed by atoms with Gasteiger partial charge >= 0.3 is 111 Å². The van der Waals surface area contributed by atoms with Crippen molar-refractivity contribution < 1.29 is 176 Å². The molecule has 0 saturated heterocycles. The highest BCUT2D eigenvalue weighted by Crippen LogP contribution is 2.73. The summed E-state index contributed by atoms with van der Waals surface area (Å²) in [5.74, 6) is -71.6. The molecule has 0 aliphatic rings. The molecular weight excluding hydrogens is 1150 g/mol. The van der Waals surface area contributed by atoms with Crippen molar-refractivity contribution in [3.05, 3.63) is 11.5 Å². The molecule has 0 aliphatic heterocycles. The zero-order valence-corrected chi connectivity index (χ0v) is 32.9. The third-order valence-electron chi connectivity index (χ3n) is 7.57. The van der Waals surface area contributed by atoms with Crippen LogP contribution in [0.1, 0.15) is 13.8 Å². The van der Waals surface area contributed by atoms with Gasteiger partial charge in [-0.3, -0.25) is 0 Å². The SMILES string of the molecule is CCO[Si](Cl)(C(F)(F)C(F)(F)C(F)(F)C(F)(F)C(F)(F)C(F)(F)F)C(F)(F)C(F)(F)C(F)(F)C(F)(F)C(F)(F)C(F)(F)F.CCO[Si](Cl)(C(F)=C(F)F)C(C(F)(F)F)(C(F)(F)F)C(F)(F)F. The molecule has 0 aromatic heterocycles. The number of hydrogen-bond acceptors (Lipinski definition) is 2. The van der Waals surface area contributed by atoms with E-state index in [0.717, 1.165) is 0 Å². The van der Waals surface area contributed by atoms with Gasteiger partial charge in [-0.25, -0.2) is 4.39 Å². The normalized spacial score (nSPS) is 17.0. The second-order valence-electron chi connectivity index (χ2n) is 11.6. The summed E-state index contributed by atoms with van der Waals surface area (Å²) in [6.45, 7) is -3.60. The van der Waals surface area contributed by atoms with E-state index in [1.54, 1.807) is 0 Å². The molecule has 0 aromatic rings. The molecule has 398 valence electrons. The quantitative estimate of drug-likeness (QED) is 0.0871. The molecule has 2 nitrogen and oxygen atoms in total. The summed E-state index contributed by atoms with van der Waals surface area (Å²) in [6, 6.07) is 0. The standard InChI is InChI=1S/C14H5ClF26OSi.C8H5ClF12OSi/c1-2-42-43(15,13(38,39)9(28,29)5(20,21)3(16,17)7(24,25)11(32,33)34)14(40,41)10(30,31)6(22,23)4(18,19)8(26,27)12(35,36)37;1-2-22-23(9,4(12)3(10)11)5(6(13,14)15,7(16,17)18)8(19,20)21/h2H2,1H3;2H2,1H3. The van der Waals surface area contributed by atoms with Crippen molar-refractivity contribution in [2.75, 3.05) is 13.2 Å².